The first-order chi connectivity index (χ1) is 20.0. The van der Waals surface area contributed by atoms with Crippen LogP contribution in [0.25, 0.3) is 6.08 Å². The van der Waals surface area contributed by atoms with Crippen molar-refractivity contribution in [2.75, 3.05) is 45.4 Å². The van der Waals surface area contributed by atoms with Gasteiger partial charge in [0.2, 0.25) is 5.91 Å². The third-order valence-electron chi connectivity index (χ3n) is 8.47. The number of anilines is 1. The lowest BCUT2D eigenvalue weighted by atomic mass is 9.70. The number of methoxy groups -OCH3 is 4. The summed E-state index contributed by atoms with van der Waals surface area (Å²) >= 11 is 1.79. The fourth-order valence-electron chi connectivity index (χ4n) is 6.73. The zero-order valence-electron chi connectivity index (χ0n) is 23.4. The number of carbonyl (C=O) groups is 2. The molecule has 3 aromatic rings. The molecule has 8 nitrogen and oxygen atoms in total. The summed E-state index contributed by atoms with van der Waals surface area (Å²) in [4.78, 5) is 30.9. The van der Waals surface area contributed by atoms with Gasteiger partial charge in [-0.1, -0.05) is 36.4 Å². The Morgan fingerprint density at radius 2 is 1.61 bits per heavy atom. The zero-order valence-corrected chi connectivity index (χ0v) is 24.2. The number of amides is 1. The maximum absolute atomic E-state index is 14.5. The van der Waals surface area contributed by atoms with E-state index in [-0.39, 0.29) is 23.7 Å². The lowest BCUT2D eigenvalue weighted by Gasteiger charge is -2.36. The number of nitrogens with zero attached hydrogens (tertiary/aromatic N) is 1. The Bertz CT molecular complexity index is 1540. The van der Waals surface area contributed by atoms with Crippen molar-refractivity contribution in [2.24, 2.45) is 5.92 Å². The van der Waals surface area contributed by atoms with Crippen LogP contribution in [0.2, 0.25) is 0 Å². The molecule has 0 bridgehead atoms. The summed E-state index contributed by atoms with van der Waals surface area (Å²) in [6.45, 7) is 0. The lowest BCUT2D eigenvalue weighted by Crippen LogP contribution is -2.52. The molecular formula is C32H32N2O6S. The summed E-state index contributed by atoms with van der Waals surface area (Å²) in [5.74, 6) is 2.63. The maximum Gasteiger partial charge on any atom is 0.250 e. The van der Waals surface area contributed by atoms with Crippen LogP contribution in [0.3, 0.4) is 0 Å². The molecule has 9 heteroatoms. The third-order valence-corrected chi connectivity index (χ3v) is 9.51. The Labute approximate surface area is 243 Å². The Kier molecular flexibility index (Phi) is 7.17. The molecule has 6 rings (SSSR count). The monoisotopic (exact) mass is 572 g/mol. The topological polar surface area (TPSA) is 86.3 Å². The summed E-state index contributed by atoms with van der Waals surface area (Å²) in [5.41, 5.74) is 2.19. The van der Waals surface area contributed by atoms with E-state index in [1.165, 1.54) is 0 Å². The molecule has 1 N–H and O–H groups in total. The van der Waals surface area contributed by atoms with Crippen LogP contribution < -0.4 is 24.3 Å². The second kappa shape index (κ2) is 10.8. The second-order valence-electron chi connectivity index (χ2n) is 10.3. The second-order valence-corrected chi connectivity index (χ2v) is 11.3. The van der Waals surface area contributed by atoms with Crippen LogP contribution in [0.15, 0.2) is 66.7 Å². The van der Waals surface area contributed by atoms with Crippen molar-refractivity contribution < 1.29 is 28.5 Å². The van der Waals surface area contributed by atoms with Crippen molar-refractivity contribution in [3.8, 4) is 23.0 Å². The molecule has 2 fully saturated rings. The van der Waals surface area contributed by atoms with Gasteiger partial charge in [-0.3, -0.25) is 14.5 Å². The summed E-state index contributed by atoms with van der Waals surface area (Å²) in [6, 6.07) is 19.0. The quantitative estimate of drug-likeness (QED) is 0.380. The number of allylic oxidation sites excluding steroid dienone is 1. The predicted molar refractivity (Wildman–Crippen MR) is 159 cm³/mol. The molecule has 3 aromatic carbocycles. The molecule has 0 saturated carbocycles. The number of carbonyl (C=O) groups excluding carboxylic acids is 2. The van der Waals surface area contributed by atoms with Crippen molar-refractivity contribution in [3.63, 3.8) is 0 Å². The largest absolute Gasteiger partial charge is 0.493 e. The van der Waals surface area contributed by atoms with Gasteiger partial charge in [0.1, 0.15) is 5.54 Å². The Hall–Kier alpha value is -3.95. The van der Waals surface area contributed by atoms with E-state index >= 15 is 0 Å². The number of benzene rings is 3. The molecule has 1 spiro atoms. The number of ether oxygens (including phenoxy) is 4. The summed E-state index contributed by atoms with van der Waals surface area (Å²) in [5, 5.41) is 3.10. The molecule has 4 atom stereocenters. The van der Waals surface area contributed by atoms with Gasteiger partial charge in [0.05, 0.1) is 34.4 Å². The number of hydrogen-bond acceptors (Lipinski definition) is 8. The molecule has 1 unspecified atom stereocenters. The molecule has 0 aromatic heterocycles. The zero-order chi connectivity index (χ0) is 28.7. The highest BCUT2D eigenvalue weighted by molar-refractivity contribution is 7.99. The van der Waals surface area contributed by atoms with Crippen molar-refractivity contribution in [3.05, 3.63) is 83.4 Å². The van der Waals surface area contributed by atoms with Gasteiger partial charge in [-0.2, -0.15) is 0 Å². The van der Waals surface area contributed by atoms with Gasteiger partial charge >= 0.3 is 0 Å². The molecule has 3 aliphatic rings. The molecule has 212 valence electrons. The first kappa shape index (κ1) is 27.2. The fourth-order valence-corrected chi connectivity index (χ4v) is 8.06. The number of rotatable bonds is 8. The van der Waals surface area contributed by atoms with E-state index in [0.717, 1.165) is 28.1 Å². The average molecular weight is 573 g/mol. The third kappa shape index (κ3) is 4.18. The Morgan fingerprint density at radius 3 is 2.34 bits per heavy atom. The number of thioether (sulfide) groups is 1. The van der Waals surface area contributed by atoms with Crippen LogP contribution in [0, 0.1) is 5.92 Å². The normalized spacial score (nSPS) is 24.8. The van der Waals surface area contributed by atoms with E-state index in [4.69, 9.17) is 18.9 Å². The summed E-state index contributed by atoms with van der Waals surface area (Å²) in [6.07, 6.45) is 3.38. The molecule has 41 heavy (non-hydrogen) atoms. The van der Waals surface area contributed by atoms with Crippen molar-refractivity contribution in [1.29, 1.82) is 0 Å². The van der Waals surface area contributed by atoms with Gasteiger partial charge in [0.25, 0.3) is 0 Å². The molecule has 0 aliphatic carbocycles. The fraction of sp³-hybridized carbons (Fsp3) is 0.312. The number of fused-ring (bicyclic) bond motifs is 4. The number of hydrogen-bond donors (Lipinski definition) is 1. The predicted octanol–water partition coefficient (Wildman–Crippen LogP) is 4.94. The average Bonchev–Trinajstić information content (AvgIpc) is 3.68. The van der Waals surface area contributed by atoms with Crippen molar-refractivity contribution in [1.82, 2.24) is 4.90 Å². The molecule has 3 heterocycles. The van der Waals surface area contributed by atoms with E-state index in [0.29, 0.717) is 28.9 Å². The smallest absolute Gasteiger partial charge is 0.250 e. The highest BCUT2D eigenvalue weighted by Gasteiger charge is 2.69. The number of ketones is 1. The SMILES string of the molecule is COc1ccc(/C=C/C(=O)[C@@H]2[C@@H](c3ccc(OC)c(OC)c3)[C@@H]3CSCN3C23C(=O)Nc2ccccc23)cc1OC. The first-order valence-electron chi connectivity index (χ1n) is 13.4. The highest BCUT2D eigenvalue weighted by Crippen LogP contribution is 2.61. The van der Waals surface area contributed by atoms with Gasteiger partial charge < -0.3 is 24.3 Å². The van der Waals surface area contributed by atoms with Gasteiger partial charge in [0.15, 0.2) is 28.8 Å². The molecule has 3 aliphatic heterocycles. The van der Waals surface area contributed by atoms with Crippen LogP contribution >= 0.6 is 11.8 Å². The van der Waals surface area contributed by atoms with E-state index in [1.807, 2.05) is 54.6 Å². The van der Waals surface area contributed by atoms with Gasteiger partial charge in [-0.15, -0.1) is 11.8 Å². The number of nitrogens with one attached hydrogen (secondary N) is 1. The Balaban J connectivity index is 1.50. The minimum Gasteiger partial charge on any atom is -0.493 e. The minimum absolute atomic E-state index is 0.0292. The first-order valence-corrected chi connectivity index (χ1v) is 14.5. The van der Waals surface area contributed by atoms with Crippen molar-refractivity contribution >= 4 is 35.2 Å². The van der Waals surface area contributed by atoms with E-state index in [2.05, 4.69) is 10.2 Å². The van der Waals surface area contributed by atoms with Crippen LogP contribution in [0.1, 0.15) is 22.6 Å². The summed E-state index contributed by atoms with van der Waals surface area (Å²) < 4.78 is 21.9. The van der Waals surface area contributed by atoms with Crippen LogP contribution in [-0.2, 0) is 15.1 Å². The van der Waals surface area contributed by atoms with Crippen molar-refractivity contribution in [2.45, 2.75) is 17.5 Å². The van der Waals surface area contributed by atoms with Crippen LogP contribution in [0.5, 0.6) is 23.0 Å². The van der Waals surface area contributed by atoms with Gasteiger partial charge in [-0.05, 0) is 47.5 Å². The molecule has 1 amide bonds. The van der Waals surface area contributed by atoms with Gasteiger partial charge in [-0.25, -0.2) is 0 Å². The van der Waals surface area contributed by atoms with Crippen LogP contribution in [0.4, 0.5) is 5.69 Å². The van der Waals surface area contributed by atoms with Gasteiger partial charge in [0, 0.05) is 34.8 Å². The molecule has 2 saturated heterocycles. The molecular weight excluding hydrogens is 540 g/mol. The highest BCUT2D eigenvalue weighted by atomic mass is 32.2. The van der Waals surface area contributed by atoms with E-state index in [1.54, 1.807) is 58.4 Å². The van der Waals surface area contributed by atoms with E-state index < -0.39 is 11.5 Å². The minimum atomic E-state index is -1.14. The Morgan fingerprint density at radius 1 is 0.927 bits per heavy atom. The van der Waals surface area contributed by atoms with E-state index in [9.17, 15) is 9.59 Å². The lowest BCUT2D eigenvalue weighted by molar-refractivity contribution is -0.134. The maximum atomic E-state index is 14.5. The summed E-state index contributed by atoms with van der Waals surface area (Å²) in [7, 11) is 6.36. The standard InChI is InChI=1S/C32H32N2O6S/c1-37-25-13-10-19(15-27(25)39-3)9-12-24(35)30-29(20-11-14-26(38-2)28(16-20)40-4)23-17-41-18-34(23)32(30)21-7-5-6-8-22(21)33-31(32)36/h5-16,23,29-30H,17-18H2,1-4H3,(H,33,36)/b12-9+/t23-,29-,30+,32?/m0/s1. The van der Waals surface area contributed by atoms with Crippen LogP contribution in [-0.4, -0.2) is 62.7 Å². The number of para-hydroxylation sites is 1. The molecule has 0 radical (unpaired) electrons.